The number of rotatable bonds is 2. The maximum absolute atomic E-state index is 9.40. The van der Waals surface area contributed by atoms with E-state index < -0.39 is 11.9 Å². The summed E-state index contributed by atoms with van der Waals surface area (Å²) >= 11 is 0. The van der Waals surface area contributed by atoms with Crippen molar-refractivity contribution in [2.24, 2.45) is 0 Å². The van der Waals surface area contributed by atoms with Crippen molar-refractivity contribution in [2.45, 2.75) is 13.8 Å². The number of allylic oxidation sites excluding steroid dienone is 2. The molecule has 13 heavy (non-hydrogen) atoms. The van der Waals surface area contributed by atoms with E-state index in [9.17, 15) is 19.8 Å². The van der Waals surface area contributed by atoms with Gasteiger partial charge in [0.25, 0.3) is 0 Å². The molecule has 0 unspecified atom stereocenters. The average Bonchev–Trinajstić information content (AvgIpc) is 1.87. The summed E-state index contributed by atoms with van der Waals surface area (Å²) in [6.45, 7) is 3.24. The number of carboxylic acids is 2. The van der Waals surface area contributed by atoms with E-state index in [1.165, 1.54) is 12.2 Å². The Morgan fingerprint density at radius 1 is 0.923 bits per heavy atom. The zero-order valence-corrected chi connectivity index (χ0v) is 11.7. The van der Waals surface area contributed by atoms with Gasteiger partial charge in [-0.2, -0.15) is 0 Å². The van der Waals surface area contributed by atoms with Gasteiger partial charge in [-0.15, -0.1) is 0 Å². The zero-order valence-electron chi connectivity index (χ0n) is 7.65. The van der Waals surface area contributed by atoms with Crippen LogP contribution in [0.5, 0.6) is 0 Å². The molecular formula is C8H12O4Sn. The second kappa shape index (κ2) is 13.8. The van der Waals surface area contributed by atoms with Crippen molar-refractivity contribution in [3.05, 3.63) is 24.3 Å². The molecule has 0 N–H and O–H groups in total. The SMILES string of the molecule is C/C=C/C(=O)[O-].C/C=C/C(=O)[O-].[SnH2+2]. The van der Waals surface area contributed by atoms with Crippen molar-refractivity contribution in [1.82, 2.24) is 0 Å². The average molecular weight is 291 g/mol. The van der Waals surface area contributed by atoms with E-state index in [2.05, 4.69) is 0 Å². The maximum atomic E-state index is 9.40. The quantitative estimate of drug-likeness (QED) is 0.423. The molecule has 0 aromatic rings. The fourth-order valence-corrected chi connectivity index (χ4v) is 0.272. The van der Waals surface area contributed by atoms with Gasteiger partial charge >= 0.3 is 23.9 Å². The minimum absolute atomic E-state index is 0. The molecule has 0 aliphatic heterocycles. The van der Waals surface area contributed by atoms with Gasteiger partial charge in [-0.1, -0.05) is 12.2 Å². The summed E-state index contributed by atoms with van der Waals surface area (Å²) in [5, 5.41) is 18.8. The molecule has 0 spiro atoms. The van der Waals surface area contributed by atoms with Crippen LogP contribution in [-0.4, -0.2) is 35.8 Å². The Morgan fingerprint density at radius 2 is 1.15 bits per heavy atom. The molecular weight excluding hydrogens is 279 g/mol. The van der Waals surface area contributed by atoms with Crippen LogP contribution in [-0.2, 0) is 9.59 Å². The Labute approximate surface area is 93.9 Å². The van der Waals surface area contributed by atoms with E-state index in [0.717, 1.165) is 12.2 Å². The van der Waals surface area contributed by atoms with Gasteiger partial charge in [0.2, 0.25) is 0 Å². The Morgan fingerprint density at radius 3 is 1.15 bits per heavy atom. The Kier molecular flexibility index (Phi) is 19.2. The summed E-state index contributed by atoms with van der Waals surface area (Å²) in [6.07, 6.45) is 4.77. The number of hydrogen-bond acceptors (Lipinski definition) is 4. The van der Waals surface area contributed by atoms with E-state index in [0.29, 0.717) is 0 Å². The first kappa shape index (κ1) is 18.1. The molecule has 0 bridgehead atoms. The van der Waals surface area contributed by atoms with Gasteiger partial charge in [-0.3, -0.25) is 0 Å². The van der Waals surface area contributed by atoms with Crippen LogP contribution in [0.15, 0.2) is 24.3 Å². The van der Waals surface area contributed by atoms with Crippen molar-refractivity contribution in [2.75, 3.05) is 0 Å². The molecule has 0 amide bonds. The van der Waals surface area contributed by atoms with Crippen molar-refractivity contribution >= 4 is 35.8 Å². The van der Waals surface area contributed by atoms with Crippen molar-refractivity contribution in [3.63, 3.8) is 0 Å². The van der Waals surface area contributed by atoms with Gasteiger partial charge in [0.1, 0.15) is 0 Å². The van der Waals surface area contributed by atoms with Crippen molar-refractivity contribution in [1.29, 1.82) is 0 Å². The molecule has 0 saturated carbocycles. The summed E-state index contributed by atoms with van der Waals surface area (Å²) in [7, 11) is 0. The summed E-state index contributed by atoms with van der Waals surface area (Å²) in [4.78, 5) is 18.8. The predicted molar refractivity (Wildman–Crippen MR) is 48.2 cm³/mol. The molecule has 0 radical (unpaired) electrons. The first-order chi connectivity index (χ1) is 5.54. The number of carboxylic acid groups (broad SMARTS) is 2. The number of carbonyl (C=O) groups excluding carboxylic acids is 2. The van der Waals surface area contributed by atoms with E-state index in [1.807, 2.05) is 0 Å². The third kappa shape index (κ3) is 35.0. The van der Waals surface area contributed by atoms with E-state index in [4.69, 9.17) is 0 Å². The Bertz CT molecular complexity index is 174. The van der Waals surface area contributed by atoms with Crippen LogP contribution in [0.3, 0.4) is 0 Å². The second-order valence-electron chi connectivity index (χ2n) is 1.64. The molecule has 0 atom stereocenters. The number of hydrogen-bond donors (Lipinski definition) is 0. The fourth-order valence-electron chi connectivity index (χ4n) is 0.272. The Hall–Kier alpha value is -0.781. The fraction of sp³-hybridized carbons (Fsp3) is 0.250. The topological polar surface area (TPSA) is 80.3 Å². The molecule has 0 aliphatic carbocycles. The second-order valence-corrected chi connectivity index (χ2v) is 1.64. The van der Waals surface area contributed by atoms with Crippen LogP contribution in [0.2, 0.25) is 0 Å². The summed E-state index contributed by atoms with van der Waals surface area (Å²) < 4.78 is 0. The van der Waals surface area contributed by atoms with Crippen LogP contribution < -0.4 is 10.2 Å². The van der Waals surface area contributed by atoms with E-state index in [-0.39, 0.29) is 23.9 Å². The van der Waals surface area contributed by atoms with Gasteiger partial charge in [0.05, 0.1) is 11.9 Å². The predicted octanol–water partition coefficient (Wildman–Crippen LogP) is -2.29. The van der Waals surface area contributed by atoms with Crippen LogP contribution in [0, 0.1) is 0 Å². The van der Waals surface area contributed by atoms with Gasteiger partial charge in [-0.05, 0) is 26.0 Å². The normalized spacial score (nSPS) is 8.77. The van der Waals surface area contributed by atoms with Gasteiger partial charge < -0.3 is 19.8 Å². The van der Waals surface area contributed by atoms with Crippen molar-refractivity contribution in [3.8, 4) is 0 Å². The monoisotopic (exact) mass is 292 g/mol. The third-order valence-corrected chi connectivity index (χ3v) is 0.605. The van der Waals surface area contributed by atoms with Crippen molar-refractivity contribution < 1.29 is 19.8 Å². The number of carbonyl (C=O) groups is 2. The molecule has 0 aromatic carbocycles. The summed E-state index contributed by atoms with van der Waals surface area (Å²) in [6, 6.07) is 0. The van der Waals surface area contributed by atoms with Gasteiger partial charge in [0.15, 0.2) is 0 Å². The molecule has 0 aliphatic rings. The summed E-state index contributed by atoms with van der Waals surface area (Å²) in [5.41, 5.74) is 0. The number of aliphatic carboxylic acids is 2. The van der Waals surface area contributed by atoms with Crippen LogP contribution >= 0.6 is 0 Å². The molecule has 0 rings (SSSR count). The van der Waals surface area contributed by atoms with E-state index in [1.54, 1.807) is 13.8 Å². The van der Waals surface area contributed by atoms with Crippen LogP contribution in [0.25, 0.3) is 0 Å². The molecule has 0 heterocycles. The standard InChI is InChI=1S/2C4H6O2.Sn.2H/c2*1-2-3-4(5)6;;;/h2*2-3H,1H3,(H,5,6);;;/q;;+2;;/p-2/b2*3-2+;;;. The molecule has 0 fully saturated rings. The van der Waals surface area contributed by atoms with Crippen LogP contribution in [0.4, 0.5) is 0 Å². The molecule has 5 heteroatoms. The first-order valence-electron chi connectivity index (χ1n) is 3.22. The third-order valence-electron chi connectivity index (χ3n) is 0.605. The Balaban J connectivity index is -0.000000143. The molecule has 72 valence electrons. The first-order valence-corrected chi connectivity index (χ1v) is 3.22. The zero-order chi connectivity index (χ0) is 9.98. The minimum atomic E-state index is -1.14. The molecule has 0 saturated heterocycles. The van der Waals surface area contributed by atoms with Crippen LogP contribution in [0.1, 0.15) is 13.8 Å². The van der Waals surface area contributed by atoms with E-state index >= 15 is 0 Å². The molecule has 4 nitrogen and oxygen atoms in total. The summed E-state index contributed by atoms with van der Waals surface area (Å²) in [5.74, 6) is -2.28. The van der Waals surface area contributed by atoms with Gasteiger partial charge in [-0.25, -0.2) is 0 Å². The molecule has 0 aromatic heterocycles. The van der Waals surface area contributed by atoms with Gasteiger partial charge in [0, 0.05) is 0 Å².